The SMILES string of the molecule is CCOC(=O)c1ccc2cc(CC)cc-2cc1. The van der Waals surface area contributed by atoms with Gasteiger partial charge in [0.15, 0.2) is 0 Å². The Morgan fingerprint density at radius 2 is 1.65 bits per heavy atom. The second-order valence-corrected chi connectivity index (χ2v) is 3.97. The Hall–Kier alpha value is -1.83. The molecule has 2 heteroatoms. The van der Waals surface area contributed by atoms with Crippen molar-refractivity contribution in [3.8, 4) is 11.1 Å². The van der Waals surface area contributed by atoms with Crippen LogP contribution in [0.15, 0.2) is 36.4 Å². The molecule has 0 heterocycles. The summed E-state index contributed by atoms with van der Waals surface area (Å²) in [5.41, 5.74) is 4.25. The quantitative estimate of drug-likeness (QED) is 0.751. The van der Waals surface area contributed by atoms with Crippen LogP contribution in [0.3, 0.4) is 0 Å². The molecule has 0 aromatic carbocycles. The zero-order chi connectivity index (χ0) is 12.3. The van der Waals surface area contributed by atoms with E-state index in [9.17, 15) is 4.79 Å². The lowest BCUT2D eigenvalue weighted by Gasteiger charge is -1.97. The normalized spacial score (nSPS) is 10.5. The van der Waals surface area contributed by atoms with Gasteiger partial charge in [-0.2, -0.15) is 0 Å². The molecular formula is C15H16O2. The summed E-state index contributed by atoms with van der Waals surface area (Å²) in [6, 6.07) is 11.9. The zero-order valence-electron chi connectivity index (χ0n) is 10.2. The van der Waals surface area contributed by atoms with Gasteiger partial charge in [0.05, 0.1) is 12.2 Å². The van der Waals surface area contributed by atoms with E-state index in [0.29, 0.717) is 12.2 Å². The van der Waals surface area contributed by atoms with Crippen molar-refractivity contribution < 1.29 is 9.53 Å². The highest BCUT2D eigenvalue weighted by Crippen LogP contribution is 2.25. The number of carbonyl (C=O) groups is 1. The van der Waals surface area contributed by atoms with Gasteiger partial charge in [-0.05, 0) is 42.2 Å². The van der Waals surface area contributed by atoms with Gasteiger partial charge in [0.25, 0.3) is 0 Å². The average Bonchev–Trinajstić information content (AvgIpc) is 2.62. The van der Waals surface area contributed by atoms with Crippen LogP contribution in [0.5, 0.6) is 0 Å². The monoisotopic (exact) mass is 228 g/mol. The van der Waals surface area contributed by atoms with Gasteiger partial charge in [-0.25, -0.2) is 4.79 Å². The number of rotatable bonds is 3. The van der Waals surface area contributed by atoms with Crippen LogP contribution in [0.4, 0.5) is 0 Å². The topological polar surface area (TPSA) is 26.3 Å². The molecule has 0 fully saturated rings. The highest BCUT2D eigenvalue weighted by atomic mass is 16.5. The van der Waals surface area contributed by atoms with Gasteiger partial charge >= 0.3 is 5.97 Å². The molecule has 0 spiro atoms. The van der Waals surface area contributed by atoms with Crippen LogP contribution in [-0.2, 0) is 11.2 Å². The van der Waals surface area contributed by atoms with E-state index in [4.69, 9.17) is 4.74 Å². The molecule has 0 amide bonds. The third-order valence-electron chi connectivity index (χ3n) is 2.82. The lowest BCUT2D eigenvalue weighted by atomic mass is 10.2. The Morgan fingerprint density at radius 1 is 1.06 bits per heavy atom. The molecule has 0 radical (unpaired) electrons. The first-order chi connectivity index (χ1) is 8.24. The summed E-state index contributed by atoms with van der Waals surface area (Å²) in [4.78, 5) is 11.6. The first-order valence-corrected chi connectivity index (χ1v) is 5.94. The first-order valence-electron chi connectivity index (χ1n) is 5.94. The van der Waals surface area contributed by atoms with Crippen LogP contribution in [-0.4, -0.2) is 12.6 Å². The minimum atomic E-state index is -0.263. The van der Waals surface area contributed by atoms with Gasteiger partial charge in [0.1, 0.15) is 0 Å². The Morgan fingerprint density at radius 3 is 2.12 bits per heavy atom. The van der Waals surface area contributed by atoms with Crippen LogP contribution in [0, 0.1) is 0 Å². The van der Waals surface area contributed by atoms with E-state index >= 15 is 0 Å². The summed E-state index contributed by atoms with van der Waals surface area (Å²) in [5.74, 6) is -0.263. The molecule has 0 aromatic rings. The molecule has 2 rings (SSSR count). The van der Waals surface area contributed by atoms with Crippen molar-refractivity contribution in [1.29, 1.82) is 0 Å². The van der Waals surface area contributed by atoms with Crippen molar-refractivity contribution in [1.82, 2.24) is 0 Å². The Balaban J connectivity index is 2.38. The first kappa shape index (κ1) is 11.6. The molecule has 0 aromatic heterocycles. The van der Waals surface area contributed by atoms with E-state index in [1.54, 1.807) is 0 Å². The summed E-state index contributed by atoms with van der Waals surface area (Å²) in [5, 5.41) is 0. The lowest BCUT2D eigenvalue weighted by Crippen LogP contribution is -2.02. The van der Waals surface area contributed by atoms with Gasteiger partial charge < -0.3 is 4.74 Å². The van der Waals surface area contributed by atoms with Crippen LogP contribution < -0.4 is 0 Å². The summed E-state index contributed by atoms with van der Waals surface area (Å²) in [6.07, 6.45) is 1.03. The molecule has 0 bridgehead atoms. The largest absolute Gasteiger partial charge is 0.462 e. The Labute approximate surface area is 102 Å². The standard InChI is InChI=1S/C15H16O2/c1-3-11-9-13-7-5-12(15(16)17-4-2)6-8-14(13)10-11/h5-10H,3-4H2,1-2H3. The van der Waals surface area contributed by atoms with Crippen LogP contribution in [0.2, 0.25) is 0 Å². The molecule has 0 N–H and O–H groups in total. The summed E-state index contributed by atoms with van der Waals surface area (Å²) >= 11 is 0. The molecule has 0 saturated carbocycles. The van der Waals surface area contributed by atoms with Gasteiger partial charge in [-0.15, -0.1) is 0 Å². The third kappa shape index (κ3) is 2.47. The highest BCUT2D eigenvalue weighted by molar-refractivity contribution is 5.90. The number of ether oxygens (including phenoxy) is 1. The zero-order valence-corrected chi connectivity index (χ0v) is 10.2. The average molecular weight is 228 g/mol. The fourth-order valence-corrected chi connectivity index (χ4v) is 1.87. The third-order valence-corrected chi connectivity index (χ3v) is 2.82. The fraction of sp³-hybridized carbons (Fsp3) is 0.267. The molecule has 2 nitrogen and oxygen atoms in total. The van der Waals surface area contributed by atoms with Crippen LogP contribution in [0.1, 0.15) is 29.8 Å². The molecule has 88 valence electrons. The van der Waals surface area contributed by atoms with E-state index in [0.717, 1.165) is 17.5 Å². The maximum Gasteiger partial charge on any atom is 0.338 e. The van der Waals surface area contributed by atoms with Crippen molar-refractivity contribution in [2.24, 2.45) is 0 Å². The van der Waals surface area contributed by atoms with Gasteiger partial charge in [-0.1, -0.05) is 31.2 Å². The van der Waals surface area contributed by atoms with Crippen molar-refractivity contribution in [2.75, 3.05) is 6.61 Å². The van der Waals surface area contributed by atoms with Crippen LogP contribution >= 0.6 is 0 Å². The van der Waals surface area contributed by atoms with E-state index in [1.807, 2.05) is 31.2 Å². The number of hydrogen-bond acceptors (Lipinski definition) is 2. The maximum absolute atomic E-state index is 11.6. The van der Waals surface area contributed by atoms with Crippen LogP contribution in [0.25, 0.3) is 11.1 Å². The minimum Gasteiger partial charge on any atom is -0.462 e. The number of hydrogen-bond donors (Lipinski definition) is 0. The number of aryl methyl sites for hydroxylation is 1. The van der Waals surface area contributed by atoms with Crippen molar-refractivity contribution in [3.05, 3.63) is 47.5 Å². The van der Waals surface area contributed by atoms with E-state index in [2.05, 4.69) is 19.1 Å². The van der Waals surface area contributed by atoms with Gasteiger partial charge in [0, 0.05) is 0 Å². The molecule has 0 unspecified atom stereocenters. The van der Waals surface area contributed by atoms with Gasteiger partial charge in [-0.3, -0.25) is 0 Å². The Kier molecular flexibility index (Phi) is 3.43. The highest BCUT2D eigenvalue weighted by Gasteiger charge is 2.08. The van der Waals surface area contributed by atoms with E-state index in [-0.39, 0.29) is 5.97 Å². The lowest BCUT2D eigenvalue weighted by molar-refractivity contribution is 0.0526. The molecule has 0 saturated heterocycles. The van der Waals surface area contributed by atoms with Crippen molar-refractivity contribution in [2.45, 2.75) is 20.3 Å². The molecular weight excluding hydrogens is 212 g/mol. The molecule has 0 aliphatic heterocycles. The maximum atomic E-state index is 11.6. The summed E-state index contributed by atoms with van der Waals surface area (Å²) < 4.78 is 4.98. The fourth-order valence-electron chi connectivity index (χ4n) is 1.87. The molecule has 0 atom stereocenters. The summed E-state index contributed by atoms with van der Waals surface area (Å²) in [7, 11) is 0. The number of esters is 1. The molecule has 2 aliphatic carbocycles. The predicted molar refractivity (Wildman–Crippen MR) is 68.4 cm³/mol. The smallest absolute Gasteiger partial charge is 0.338 e. The molecule has 2 aliphatic rings. The van der Waals surface area contributed by atoms with Gasteiger partial charge in [0.2, 0.25) is 0 Å². The van der Waals surface area contributed by atoms with Crippen molar-refractivity contribution >= 4 is 5.97 Å². The van der Waals surface area contributed by atoms with Crippen molar-refractivity contribution in [3.63, 3.8) is 0 Å². The number of fused-ring (bicyclic) bond motifs is 1. The second kappa shape index (κ2) is 5.00. The molecule has 17 heavy (non-hydrogen) atoms. The second-order valence-electron chi connectivity index (χ2n) is 3.97. The van der Waals surface area contributed by atoms with E-state index in [1.165, 1.54) is 5.56 Å². The van der Waals surface area contributed by atoms with E-state index < -0.39 is 0 Å². The number of carbonyl (C=O) groups excluding carboxylic acids is 1. The predicted octanol–water partition coefficient (Wildman–Crippen LogP) is 3.53. The summed E-state index contributed by atoms with van der Waals surface area (Å²) in [6.45, 7) is 4.35. The Bertz CT molecular complexity index is 469. The minimum absolute atomic E-state index is 0.263.